The van der Waals surface area contributed by atoms with Crippen LogP contribution in [0.3, 0.4) is 0 Å². The van der Waals surface area contributed by atoms with Crippen LogP contribution in [0.1, 0.15) is 19.3 Å². The zero-order chi connectivity index (χ0) is 16.0. The molecule has 9 heteroatoms. The highest BCUT2D eigenvalue weighted by atomic mass is 79.9. The third kappa shape index (κ3) is 5.82. The molecule has 0 saturated carbocycles. The van der Waals surface area contributed by atoms with Gasteiger partial charge in [-0.05, 0) is 31.0 Å². The average molecular weight is 380 g/mol. The summed E-state index contributed by atoms with van der Waals surface area (Å²) < 4.78 is 26.8. The zero-order valence-electron chi connectivity index (χ0n) is 10.8. The second-order valence-electron chi connectivity index (χ2n) is 4.26. The van der Waals surface area contributed by atoms with Gasteiger partial charge in [-0.1, -0.05) is 22.0 Å². The van der Waals surface area contributed by atoms with Crippen LogP contribution in [0.5, 0.6) is 0 Å². The number of rotatable bonds is 8. The Balaban J connectivity index is 2.82. The van der Waals surface area contributed by atoms with E-state index < -0.39 is 28.0 Å². The molecule has 0 aliphatic rings. The van der Waals surface area contributed by atoms with Crippen molar-refractivity contribution in [2.24, 2.45) is 0 Å². The predicted molar refractivity (Wildman–Crippen MR) is 77.4 cm³/mol. The van der Waals surface area contributed by atoms with E-state index in [9.17, 15) is 18.0 Å². The lowest BCUT2D eigenvalue weighted by molar-refractivity contribution is -0.140. The molecule has 0 heterocycles. The van der Waals surface area contributed by atoms with Crippen LogP contribution in [-0.4, -0.2) is 36.6 Å². The summed E-state index contributed by atoms with van der Waals surface area (Å²) in [6.07, 6.45) is -0.259. The summed E-state index contributed by atoms with van der Waals surface area (Å²) in [6.45, 7) is 0. The molecule has 1 aromatic rings. The molecule has 0 spiro atoms. The highest BCUT2D eigenvalue weighted by Crippen LogP contribution is 2.17. The molecule has 3 N–H and O–H groups in total. The molecule has 0 amide bonds. The van der Waals surface area contributed by atoms with Crippen LogP contribution in [0.4, 0.5) is 0 Å². The van der Waals surface area contributed by atoms with Crippen molar-refractivity contribution >= 4 is 37.9 Å². The number of aliphatic carboxylic acids is 2. The Morgan fingerprint density at radius 2 is 1.95 bits per heavy atom. The molecule has 0 unspecified atom stereocenters. The van der Waals surface area contributed by atoms with Gasteiger partial charge in [0.1, 0.15) is 6.04 Å². The maximum atomic E-state index is 12.1. The lowest BCUT2D eigenvalue weighted by atomic mass is 10.1. The molecule has 0 aliphatic heterocycles. The summed E-state index contributed by atoms with van der Waals surface area (Å²) in [6, 6.07) is 4.47. The molecule has 1 aromatic carbocycles. The van der Waals surface area contributed by atoms with Gasteiger partial charge in [-0.25, -0.2) is 8.42 Å². The summed E-state index contributed by atoms with van der Waals surface area (Å²) in [7, 11) is -3.99. The van der Waals surface area contributed by atoms with Gasteiger partial charge in [0.15, 0.2) is 0 Å². The first-order chi connectivity index (χ1) is 9.72. The molecule has 0 aromatic heterocycles. The number of halogens is 1. The molecule has 21 heavy (non-hydrogen) atoms. The van der Waals surface area contributed by atoms with E-state index in [0.29, 0.717) is 4.47 Å². The fraction of sp³-hybridized carbons (Fsp3) is 0.333. The standard InChI is InChI=1S/C12H14BrNO6S/c13-8-3-1-4-9(7-8)21(19,20)14-10(12(17)18)5-2-6-11(15)16/h1,3-4,7,10,14H,2,5-6H2,(H,15,16)(H,17,18)/t10-/m1/s1. The van der Waals surface area contributed by atoms with Gasteiger partial charge in [0.2, 0.25) is 10.0 Å². The summed E-state index contributed by atoms with van der Waals surface area (Å²) in [5.74, 6) is -2.41. The number of nitrogens with one attached hydrogen (secondary N) is 1. The minimum absolute atomic E-state index is 0.0628. The van der Waals surface area contributed by atoms with Gasteiger partial charge in [0.05, 0.1) is 4.90 Å². The van der Waals surface area contributed by atoms with Crippen molar-refractivity contribution < 1.29 is 28.2 Å². The quantitative estimate of drug-likeness (QED) is 0.628. The lowest BCUT2D eigenvalue weighted by Gasteiger charge is -2.14. The molecule has 1 rings (SSSR count). The third-order valence-electron chi connectivity index (χ3n) is 2.59. The number of sulfonamides is 1. The van der Waals surface area contributed by atoms with Crippen molar-refractivity contribution in [1.82, 2.24) is 4.72 Å². The lowest BCUT2D eigenvalue weighted by Crippen LogP contribution is -2.40. The Labute approximate surface area is 130 Å². The molecule has 116 valence electrons. The van der Waals surface area contributed by atoms with Crippen molar-refractivity contribution in [2.45, 2.75) is 30.2 Å². The maximum absolute atomic E-state index is 12.1. The average Bonchev–Trinajstić information content (AvgIpc) is 2.37. The van der Waals surface area contributed by atoms with E-state index in [2.05, 4.69) is 20.7 Å². The smallest absolute Gasteiger partial charge is 0.321 e. The first-order valence-electron chi connectivity index (χ1n) is 5.95. The Hall–Kier alpha value is -1.45. The Kier molecular flexibility index (Phi) is 6.31. The Bertz CT molecular complexity index is 630. The summed E-state index contributed by atoms with van der Waals surface area (Å²) >= 11 is 3.13. The molecule has 0 bridgehead atoms. The summed E-state index contributed by atoms with van der Waals surface area (Å²) in [4.78, 5) is 21.4. The second kappa shape index (κ2) is 7.53. The monoisotopic (exact) mass is 379 g/mol. The Morgan fingerprint density at radius 1 is 1.29 bits per heavy atom. The highest BCUT2D eigenvalue weighted by molar-refractivity contribution is 9.10. The van der Waals surface area contributed by atoms with Gasteiger partial charge in [0.25, 0.3) is 0 Å². The van der Waals surface area contributed by atoms with Crippen molar-refractivity contribution in [3.63, 3.8) is 0 Å². The van der Waals surface area contributed by atoms with Crippen molar-refractivity contribution in [2.75, 3.05) is 0 Å². The highest BCUT2D eigenvalue weighted by Gasteiger charge is 2.25. The number of benzene rings is 1. The molecular formula is C12H14BrNO6S. The molecule has 0 aliphatic carbocycles. The molecule has 1 atom stereocenters. The predicted octanol–water partition coefficient (Wildman–Crippen LogP) is 1.44. The third-order valence-corrected chi connectivity index (χ3v) is 4.55. The summed E-state index contributed by atoms with van der Waals surface area (Å²) in [5.41, 5.74) is 0. The van der Waals surface area contributed by atoms with Crippen LogP contribution in [-0.2, 0) is 19.6 Å². The van der Waals surface area contributed by atoms with Gasteiger partial charge in [0, 0.05) is 10.9 Å². The van der Waals surface area contributed by atoms with Gasteiger partial charge in [-0.3, -0.25) is 9.59 Å². The van der Waals surface area contributed by atoms with Crippen molar-refractivity contribution in [3.05, 3.63) is 28.7 Å². The Morgan fingerprint density at radius 3 is 2.48 bits per heavy atom. The molecule has 0 radical (unpaired) electrons. The topological polar surface area (TPSA) is 121 Å². The molecule has 0 fully saturated rings. The molecule has 7 nitrogen and oxygen atoms in total. The maximum Gasteiger partial charge on any atom is 0.321 e. The van der Waals surface area contributed by atoms with E-state index in [1.54, 1.807) is 6.07 Å². The van der Waals surface area contributed by atoms with E-state index in [4.69, 9.17) is 10.2 Å². The van der Waals surface area contributed by atoms with Gasteiger partial charge < -0.3 is 10.2 Å². The second-order valence-corrected chi connectivity index (χ2v) is 6.89. The van der Waals surface area contributed by atoms with Crippen molar-refractivity contribution in [1.29, 1.82) is 0 Å². The van der Waals surface area contributed by atoms with Crippen LogP contribution in [0.2, 0.25) is 0 Å². The van der Waals surface area contributed by atoms with E-state index in [-0.39, 0.29) is 24.2 Å². The number of carbonyl (C=O) groups is 2. The normalized spacial score (nSPS) is 12.8. The van der Waals surface area contributed by atoms with Crippen LogP contribution in [0, 0.1) is 0 Å². The van der Waals surface area contributed by atoms with Crippen molar-refractivity contribution in [3.8, 4) is 0 Å². The minimum atomic E-state index is -3.99. The number of hydrogen-bond acceptors (Lipinski definition) is 4. The summed E-state index contributed by atoms with van der Waals surface area (Å²) in [5, 5.41) is 17.5. The number of carboxylic acids is 2. The van der Waals surface area contributed by atoms with Crippen LogP contribution in [0.25, 0.3) is 0 Å². The largest absolute Gasteiger partial charge is 0.481 e. The van der Waals surface area contributed by atoms with Crippen LogP contribution < -0.4 is 4.72 Å². The van der Waals surface area contributed by atoms with E-state index in [0.717, 1.165) is 0 Å². The molecule has 0 saturated heterocycles. The van der Waals surface area contributed by atoms with Crippen LogP contribution >= 0.6 is 15.9 Å². The van der Waals surface area contributed by atoms with Gasteiger partial charge in [-0.2, -0.15) is 4.72 Å². The zero-order valence-corrected chi connectivity index (χ0v) is 13.2. The van der Waals surface area contributed by atoms with Gasteiger partial charge >= 0.3 is 11.9 Å². The SMILES string of the molecule is O=C(O)CCC[C@@H](NS(=O)(=O)c1cccc(Br)c1)C(=O)O. The first kappa shape index (κ1) is 17.6. The number of hydrogen-bond donors (Lipinski definition) is 3. The first-order valence-corrected chi connectivity index (χ1v) is 8.22. The fourth-order valence-corrected chi connectivity index (χ4v) is 3.40. The van der Waals surface area contributed by atoms with E-state index >= 15 is 0 Å². The fourth-order valence-electron chi connectivity index (χ4n) is 1.58. The van der Waals surface area contributed by atoms with Gasteiger partial charge in [-0.15, -0.1) is 0 Å². The van der Waals surface area contributed by atoms with E-state index in [1.807, 2.05) is 0 Å². The van der Waals surface area contributed by atoms with E-state index in [1.165, 1.54) is 18.2 Å². The van der Waals surface area contributed by atoms with Crippen LogP contribution in [0.15, 0.2) is 33.6 Å². The molecular weight excluding hydrogens is 366 g/mol. The minimum Gasteiger partial charge on any atom is -0.481 e. The number of carboxylic acid groups (broad SMARTS) is 2.